The van der Waals surface area contributed by atoms with Gasteiger partial charge in [-0.3, -0.25) is 29.0 Å². The molecule has 4 rings (SSSR count). The van der Waals surface area contributed by atoms with Crippen molar-refractivity contribution in [2.24, 2.45) is 0 Å². The van der Waals surface area contributed by atoms with Crippen molar-refractivity contribution in [1.29, 1.82) is 0 Å². The molecule has 0 bridgehead atoms. The number of hydrogen-bond donors (Lipinski definition) is 2. The van der Waals surface area contributed by atoms with Crippen LogP contribution in [0.4, 0.5) is 9.59 Å². The predicted octanol–water partition coefficient (Wildman–Crippen LogP) is 2.38. The molecule has 2 N–H and O–H groups in total. The number of amides is 6. The zero-order chi connectivity index (χ0) is 44.4. The van der Waals surface area contributed by atoms with E-state index in [0.717, 1.165) is 20.9 Å². The Kier molecular flexibility index (Phi) is 15.9. The van der Waals surface area contributed by atoms with Crippen molar-refractivity contribution in [3.63, 3.8) is 0 Å². The first-order valence-electron chi connectivity index (χ1n) is 19.6. The molecule has 0 saturated carbocycles. The van der Waals surface area contributed by atoms with Crippen molar-refractivity contribution in [2.45, 2.75) is 104 Å². The Balaban J connectivity index is 1.30. The van der Waals surface area contributed by atoms with Crippen LogP contribution in [0.5, 0.6) is 0 Å². The van der Waals surface area contributed by atoms with Crippen molar-refractivity contribution in [1.82, 2.24) is 30.2 Å². The molecule has 4 unspecified atom stereocenters. The SMILES string of the molecule is CC(C(C)N1CC(=O)N(COC(=O)C(Cc2ccccc2)NC(=O)OC(C)(C)C)C(=O)C1)N1CC(=O)N(COC(=O)C(Cc2ccccc2)NC(=O)OC(C)(C)C)C(=O)C1. The quantitative estimate of drug-likeness (QED) is 0.150. The van der Waals surface area contributed by atoms with E-state index in [2.05, 4.69) is 10.6 Å². The lowest BCUT2D eigenvalue weighted by molar-refractivity contribution is -0.169. The molecule has 6 amide bonds. The summed E-state index contributed by atoms with van der Waals surface area (Å²) in [5, 5.41) is 5.03. The van der Waals surface area contributed by atoms with Gasteiger partial charge in [0.05, 0.1) is 26.2 Å². The van der Waals surface area contributed by atoms with Crippen LogP contribution < -0.4 is 10.6 Å². The van der Waals surface area contributed by atoms with Crippen molar-refractivity contribution in [3.8, 4) is 0 Å². The van der Waals surface area contributed by atoms with Crippen LogP contribution in [0.2, 0.25) is 0 Å². The topological polar surface area (TPSA) is 210 Å². The molecule has 18 heteroatoms. The molecule has 2 fully saturated rings. The Labute approximate surface area is 349 Å². The van der Waals surface area contributed by atoms with Gasteiger partial charge in [-0.15, -0.1) is 0 Å². The fourth-order valence-corrected chi connectivity index (χ4v) is 6.34. The highest BCUT2D eigenvalue weighted by Gasteiger charge is 2.41. The number of alkyl carbamates (subject to hydrolysis) is 2. The van der Waals surface area contributed by atoms with Gasteiger partial charge in [-0.05, 0) is 66.5 Å². The van der Waals surface area contributed by atoms with E-state index in [-0.39, 0.29) is 39.0 Å². The van der Waals surface area contributed by atoms with Crippen molar-refractivity contribution in [3.05, 3.63) is 71.8 Å². The summed E-state index contributed by atoms with van der Waals surface area (Å²) < 4.78 is 21.4. The van der Waals surface area contributed by atoms with E-state index in [1.807, 2.05) is 0 Å². The second-order valence-corrected chi connectivity index (χ2v) is 16.7. The summed E-state index contributed by atoms with van der Waals surface area (Å²) in [5.74, 6) is -4.29. The molecule has 2 heterocycles. The number of nitrogens with one attached hydrogen (secondary N) is 2. The van der Waals surface area contributed by atoms with Gasteiger partial charge in [0.15, 0.2) is 13.5 Å². The minimum absolute atomic E-state index is 0.0664. The Hall–Kier alpha value is -5.88. The molecule has 2 aliphatic rings. The minimum Gasteiger partial charge on any atom is -0.444 e. The highest BCUT2D eigenvalue weighted by molar-refractivity contribution is 6.00. The normalized spacial score (nSPS) is 17.6. The standard InChI is InChI=1S/C42H56N6O12/c1-27(45-21-33(49)47(34(50)22-45)25-57-37(53)31(19-29-15-11-9-12-16-29)43-39(55)59-41(3,4)5)28(2)46-23-35(51)48(36(52)24-46)26-58-38(54)32(20-30-17-13-10-14-18-30)44-40(56)60-42(6,7)8/h9-18,27-28,31-32H,19-26H2,1-8H3,(H,43,55)(H,44,56). The number of hydrogen-bond acceptors (Lipinski definition) is 14. The van der Waals surface area contributed by atoms with Gasteiger partial charge in [0.1, 0.15) is 23.3 Å². The summed E-state index contributed by atoms with van der Waals surface area (Å²) in [6, 6.07) is 14.4. The van der Waals surface area contributed by atoms with E-state index in [4.69, 9.17) is 18.9 Å². The molecule has 2 aromatic rings. The number of nitrogens with zero attached hydrogens (tertiary/aromatic N) is 4. The van der Waals surface area contributed by atoms with Crippen LogP contribution in [0.15, 0.2) is 60.7 Å². The maximum atomic E-state index is 13.3. The van der Waals surface area contributed by atoms with Gasteiger partial charge in [-0.2, -0.15) is 0 Å². The fraction of sp³-hybridized carbons (Fsp3) is 0.524. The Morgan fingerprint density at radius 1 is 0.550 bits per heavy atom. The average Bonchev–Trinajstić information content (AvgIpc) is 3.15. The van der Waals surface area contributed by atoms with Gasteiger partial charge in [0, 0.05) is 24.9 Å². The third-order valence-electron chi connectivity index (χ3n) is 9.60. The van der Waals surface area contributed by atoms with Crippen molar-refractivity contribution >= 4 is 47.8 Å². The lowest BCUT2D eigenvalue weighted by Crippen LogP contribution is -2.63. The molecule has 4 atom stereocenters. The molecule has 326 valence electrons. The van der Waals surface area contributed by atoms with E-state index < -0.39 is 96.6 Å². The van der Waals surface area contributed by atoms with Crippen molar-refractivity contribution < 1.29 is 57.3 Å². The number of esters is 2. The van der Waals surface area contributed by atoms with Crippen LogP contribution in [0.1, 0.15) is 66.5 Å². The molecule has 60 heavy (non-hydrogen) atoms. The van der Waals surface area contributed by atoms with Crippen LogP contribution in [0.25, 0.3) is 0 Å². The van der Waals surface area contributed by atoms with Gasteiger partial charge in [0.25, 0.3) is 0 Å². The second-order valence-electron chi connectivity index (χ2n) is 16.7. The van der Waals surface area contributed by atoms with Crippen LogP contribution in [-0.2, 0) is 60.6 Å². The van der Waals surface area contributed by atoms with E-state index in [1.54, 1.807) is 126 Å². The molecule has 0 radical (unpaired) electrons. The summed E-state index contributed by atoms with van der Waals surface area (Å²) >= 11 is 0. The zero-order valence-corrected chi connectivity index (χ0v) is 35.4. The van der Waals surface area contributed by atoms with Crippen LogP contribution in [0, 0.1) is 0 Å². The zero-order valence-electron chi connectivity index (χ0n) is 35.4. The Morgan fingerprint density at radius 3 is 1.13 bits per heavy atom. The summed E-state index contributed by atoms with van der Waals surface area (Å²) in [5.41, 5.74) is -0.200. The Bertz CT molecular complexity index is 1710. The summed E-state index contributed by atoms with van der Waals surface area (Å²) in [7, 11) is 0. The third kappa shape index (κ3) is 14.1. The van der Waals surface area contributed by atoms with Gasteiger partial charge in [-0.25, -0.2) is 29.0 Å². The van der Waals surface area contributed by atoms with Crippen LogP contribution in [0.3, 0.4) is 0 Å². The fourth-order valence-electron chi connectivity index (χ4n) is 6.34. The maximum absolute atomic E-state index is 13.3. The van der Waals surface area contributed by atoms with Gasteiger partial charge in [-0.1, -0.05) is 60.7 Å². The van der Waals surface area contributed by atoms with Gasteiger partial charge in [0.2, 0.25) is 23.6 Å². The van der Waals surface area contributed by atoms with Gasteiger partial charge >= 0.3 is 24.1 Å². The summed E-state index contributed by atoms with van der Waals surface area (Å²) in [6.07, 6.45) is -1.54. The largest absolute Gasteiger partial charge is 0.444 e. The van der Waals surface area contributed by atoms with Crippen molar-refractivity contribution in [2.75, 3.05) is 39.6 Å². The lowest BCUT2D eigenvalue weighted by Gasteiger charge is -2.43. The molecular weight excluding hydrogens is 780 g/mol. The highest BCUT2D eigenvalue weighted by Crippen LogP contribution is 2.19. The number of carbonyl (C=O) groups is 8. The molecular formula is C42H56N6O12. The predicted molar refractivity (Wildman–Crippen MR) is 214 cm³/mol. The molecule has 2 aliphatic heterocycles. The number of piperazine rings is 2. The van der Waals surface area contributed by atoms with E-state index >= 15 is 0 Å². The number of carbonyl (C=O) groups excluding carboxylic acids is 8. The van der Waals surface area contributed by atoms with E-state index in [9.17, 15) is 38.4 Å². The lowest BCUT2D eigenvalue weighted by atomic mass is 10.1. The minimum atomic E-state index is -1.18. The number of benzene rings is 2. The molecule has 18 nitrogen and oxygen atoms in total. The first-order chi connectivity index (χ1) is 28.1. The Morgan fingerprint density at radius 2 is 0.850 bits per heavy atom. The van der Waals surface area contributed by atoms with E-state index in [0.29, 0.717) is 0 Å². The first kappa shape index (κ1) is 46.8. The third-order valence-corrected chi connectivity index (χ3v) is 9.60. The van der Waals surface area contributed by atoms with Crippen LogP contribution >= 0.6 is 0 Å². The average molecular weight is 837 g/mol. The molecule has 0 aliphatic carbocycles. The molecule has 2 saturated heterocycles. The van der Waals surface area contributed by atoms with E-state index in [1.165, 1.54) is 0 Å². The summed E-state index contributed by atoms with van der Waals surface area (Å²) in [6.45, 7) is 11.3. The number of ether oxygens (including phenoxy) is 4. The smallest absolute Gasteiger partial charge is 0.408 e. The first-order valence-corrected chi connectivity index (χ1v) is 19.6. The highest BCUT2D eigenvalue weighted by atomic mass is 16.6. The molecule has 0 aromatic heterocycles. The summed E-state index contributed by atoms with van der Waals surface area (Å²) in [4.78, 5) is 109. The molecule has 2 aromatic carbocycles. The van der Waals surface area contributed by atoms with Crippen LogP contribution in [-0.4, -0.2) is 142 Å². The maximum Gasteiger partial charge on any atom is 0.408 e. The molecule has 0 spiro atoms. The number of rotatable bonds is 15. The second kappa shape index (κ2) is 20.4. The van der Waals surface area contributed by atoms with Gasteiger partial charge < -0.3 is 29.6 Å². The number of imide groups is 2. The monoisotopic (exact) mass is 836 g/mol.